The summed E-state index contributed by atoms with van der Waals surface area (Å²) in [5.74, 6) is 0.937. The van der Waals surface area contributed by atoms with Crippen LogP contribution in [0.3, 0.4) is 0 Å². The van der Waals surface area contributed by atoms with Crippen LogP contribution in [0.1, 0.15) is 29.8 Å². The second-order valence-corrected chi connectivity index (χ2v) is 6.48. The number of methoxy groups -OCH3 is 2. The van der Waals surface area contributed by atoms with Crippen LogP contribution in [0.4, 0.5) is 11.4 Å². The highest BCUT2D eigenvalue weighted by atomic mass is 16.6. The number of benzene rings is 2. The standard InChI is InChI=1S/C20H25N3O5/c1-13(2)22-20(24)15-6-7-16(17(12-15)23(25)26)21-10-9-14-5-8-18(27-3)19(11-14)28-4/h5-8,11-13,21H,9-10H2,1-4H3,(H,22,24). The molecule has 0 aliphatic heterocycles. The summed E-state index contributed by atoms with van der Waals surface area (Å²) in [7, 11) is 3.14. The van der Waals surface area contributed by atoms with Crippen molar-refractivity contribution < 1.29 is 19.2 Å². The highest BCUT2D eigenvalue weighted by Crippen LogP contribution is 2.28. The van der Waals surface area contributed by atoms with Crippen molar-refractivity contribution in [2.45, 2.75) is 26.3 Å². The van der Waals surface area contributed by atoms with Gasteiger partial charge in [0.25, 0.3) is 11.6 Å². The molecule has 8 heteroatoms. The van der Waals surface area contributed by atoms with Gasteiger partial charge in [-0.3, -0.25) is 14.9 Å². The number of hydrogen-bond acceptors (Lipinski definition) is 6. The van der Waals surface area contributed by atoms with Crippen molar-refractivity contribution in [2.75, 3.05) is 26.1 Å². The second-order valence-electron chi connectivity index (χ2n) is 6.48. The Kier molecular flexibility index (Phi) is 7.20. The zero-order valence-electron chi connectivity index (χ0n) is 16.4. The zero-order chi connectivity index (χ0) is 20.7. The predicted octanol–water partition coefficient (Wildman–Crippen LogP) is 3.40. The lowest BCUT2D eigenvalue weighted by atomic mass is 10.1. The maximum Gasteiger partial charge on any atom is 0.293 e. The normalized spacial score (nSPS) is 10.5. The molecule has 0 heterocycles. The van der Waals surface area contributed by atoms with E-state index < -0.39 is 4.92 Å². The fourth-order valence-electron chi connectivity index (χ4n) is 2.70. The quantitative estimate of drug-likeness (QED) is 0.505. The molecule has 0 atom stereocenters. The molecule has 0 fully saturated rings. The number of nitro groups is 1. The number of ether oxygens (including phenoxy) is 2. The van der Waals surface area contributed by atoms with E-state index in [1.165, 1.54) is 6.07 Å². The third-order valence-electron chi connectivity index (χ3n) is 4.05. The van der Waals surface area contributed by atoms with E-state index in [4.69, 9.17) is 9.47 Å². The number of hydrogen-bond donors (Lipinski definition) is 2. The Hall–Kier alpha value is -3.29. The first kappa shape index (κ1) is 21.0. The van der Waals surface area contributed by atoms with Crippen molar-refractivity contribution in [1.82, 2.24) is 5.32 Å². The highest BCUT2D eigenvalue weighted by molar-refractivity contribution is 5.95. The Morgan fingerprint density at radius 3 is 2.43 bits per heavy atom. The van der Waals surface area contributed by atoms with E-state index >= 15 is 0 Å². The maximum atomic E-state index is 12.1. The first-order chi connectivity index (χ1) is 13.3. The van der Waals surface area contributed by atoms with Gasteiger partial charge in [-0.2, -0.15) is 0 Å². The van der Waals surface area contributed by atoms with Crippen molar-refractivity contribution >= 4 is 17.3 Å². The molecule has 1 amide bonds. The number of carbonyl (C=O) groups excluding carboxylic acids is 1. The van der Waals surface area contributed by atoms with Crippen molar-refractivity contribution in [2.24, 2.45) is 0 Å². The first-order valence-corrected chi connectivity index (χ1v) is 8.89. The molecule has 0 unspecified atom stereocenters. The zero-order valence-corrected chi connectivity index (χ0v) is 16.4. The van der Waals surface area contributed by atoms with Crippen LogP contribution < -0.4 is 20.1 Å². The lowest BCUT2D eigenvalue weighted by Gasteiger charge is -2.12. The van der Waals surface area contributed by atoms with Crippen LogP contribution in [0.25, 0.3) is 0 Å². The molecule has 0 saturated carbocycles. The van der Waals surface area contributed by atoms with Gasteiger partial charge in [0.15, 0.2) is 11.5 Å². The summed E-state index contributed by atoms with van der Waals surface area (Å²) in [6, 6.07) is 9.97. The summed E-state index contributed by atoms with van der Waals surface area (Å²) in [6.45, 7) is 4.14. The number of nitrogens with one attached hydrogen (secondary N) is 2. The summed E-state index contributed by atoms with van der Waals surface area (Å²) < 4.78 is 10.5. The van der Waals surface area contributed by atoms with Gasteiger partial charge in [0, 0.05) is 24.2 Å². The SMILES string of the molecule is COc1ccc(CCNc2ccc(C(=O)NC(C)C)cc2[N+](=O)[O-])cc1OC. The van der Waals surface area contributed by atoms with E-state index in [1.54, 1.807) is 26.4 Å². The van der Waals surface area contributed by atoms with Gasteiger partial charge in [-0.15, -0.1) is 0 Å². The number of amides is 1. The van der Waals surface area contributed by atoms with Crippen LogP contribution >= 0.6 is 0 Å². The van der Waals surface area contributed by atoms with Gasteiger partial charge >= 0.3 is 0 Å². The van der Waals surface area contributed by atoms with Gasteiger partial charge in [0.2, 0.25) is 0 Å². The molecule has 2 N–H and O–H groups in total. The average Bonchev–Trinajstić information content (AvgIpc) is 2.67. The predicted molar refractivity (Wildman–Crippen MR) is 107 cm³/mol. The molecule has 0 radical (unpaired) electrons. The molecule has 0 aliphatic carbocycles. The second kappa shape index (κ2) is 9.59. The fraction of sp³-hybridized carbons (Fsp3) is 0.350. The van der Waals surface area contributed by atoms with Gasteiger partial charge in [0.05, 0.1) is 19.1 Å². The van der Waals surface area contributed by atoms with Crippen molar-refractivity contribution in [3.05, 3.63) is 57.6 Å². The molecule has 2 aromatic rings. The van der Waals surface area contributed by atoms with Crippen LogP contribution in [0.15, 0.2) is 36.4 Å². The number of anilines is 1. The lowest BCUT2D eigenvalue weighted by Crippen LogP contribution is -2.30. The largest absolute Gasteiger partial charge is 0.493 e. The molecule has 0 bridgehead atoms. The lowest BCUT2D eigenvalue weighted by molar-refractivity contribution is -0.384. The van der Waals surface area contributed by atoms with Gasteiger partial charge in [-0.05, 0) is 50.1 Å². The van der Waals surface area contributed by atoms with E-state index in [1.807, 2.05) is 32.0 Å². The molecule has 0 aromatic heterocycles. The smallest absolute Gasteiger partial charge is 0.293 e. The Balaban J connectivity index is 2.09. The highest BCUT2D eigenvalue weighted by Gasteiger charge is 2.18. The third kappa shape index (κ3) is 5.35. The van der Waals surface area contributed by atoms with E-state index in [0.717, 1.165) is 5.56 Å². The van der Waals surface area contributed by atoms with Crippen LogP contribution in [0.2, 0.25) is 0 Å². The molecule has 2 aromatic carbocycles. The van der Waals surface area contributed by atoms with Gasteiger partial charge in [-0.1, -0.05) is 6.07 Å². The molecule has 8 nitrogen and oxygen atoms in total. The Labute approximate surface area is 164 Å². The van der Waals surface area contributed by atoms with Crippen molar-refractivity contribution in [3.8, 4) is 11.5 Å². The van der Waals surface area contributed by atoms with E-state index in [0.29, 0.717) is 30.2 Å². The van der Waals surface area contributed by atoms with Crippen LogP contribution in [0, 0.1) is 10.1 Å². The van der Waals surface area contributed by atoms with Crippen molar-refractivity contribution in [3.63, 3.8) is 0 Å². The molecule has 28 heavy (non-hydrogen) atoms. The Morgan fingerprint density at radius 1 is 1.11 bits per heavy atom. The van der Waals surface area contributed by atoms with Gasteiger partial charge < -0.3 is 20.1 Å². The number of carbonyl (C=O) groups is 1. The molecule has 2 rings (SSSR count). The minimum absolute atomic E-state index is 0.0501. The molecule has 0 spiro atoms. The molecular weight excluding hydrogens is 362 g/mol. The summed E-state index contributed by atoms with van der Waals surface area (Å²) in [5.41, 5.74) is 1.49. The summed E-state index contributed by atoms with van der Waals surface area (Å²) in [4.78, 5) is 23.0. The molecule has 0 aliphatic rings. The first-order valence-electron chi connectivity index (χ1n) is 8.89. The van der Waals surface area contributed by atoms with Crippen molar-refractivity contribution in [1.29, 1.82) is 0 Å². The number of nitro benzene ring substituents is 1. The van der Waals surface area contributed by atoms with Crippen LogP contribution in [-0.4, -0.2) is 37.6 Å². The van der Waals surface area contributed by atoms with E-state index in [-0.39, 0.29) is 23.2 Å². The molecule has 150 valence electrons. The number of nitrogens with zero attached hydrogens (tertiary/aromatic N) is 1. The fourth-order valence-corrected chi connectivity index (χ4v) is 2.70. The summed E-state index contributed by atoms with van der Waals surface area (Å²) >= 11 is 0. The monoisotopic (exact) mass is 387 g/mol. The van der Waals surface area contributed by atoms with E-state index in [2.05, 4.69) is 10.6 Å². The summed E-state index contributed by atoms with van der Waals surface area (Å²) in [6.07, 6.45) is 0.632. The third-order valence-corrected chi connectivity index (χ3v) is 4.05. The van der Waals surface area contributed by atoms with Gasteiger partial charge in [0.1, 0.15) is 5.69 Å². The molecular formula is C20H25N3O5. The number of rotatable bonds is 9. The Morgan fingerprint density at radius 2 is 1.82 bits per heavy atom. The topological polar surface area (TPSA) is 103 Å². The van der Waals surface area contributed by atoms with Crippen LogP contribution in [0.5, 0.6) is 11.5 Å². The summed E-state index contributed by atoms with van der Waals surface area (Å²) in [5, 5.41) is 17.2. The van der Waals surface area contributed by atoms with Gasteiger partial charge in [-0.25, -0.2) is 0 Å². The molecule has 0 saturated heterocycles. The van der Waals surface area contributed by atoms with E-state index in [9.17, 15) is 14.9 Å². The maximum absolute atomic E-state index is 12.1. The Bertz CT molecular complexity index is 852. The average molecular weight is 387 g/mol. The van der Waals surface area contributed by atoms with Crippen LogP contribution in [-0.2, 0) is 6.42 Å². The minimum Gasteiger partial charge on any atom is -0.493 e. The minimum atomic E-state index is -0.495.